The fourth-order valence-corrected chi connectivity index (χ4v) is 2.77. The highest BCUT2D eigenvalue weighted by atomic mass is 32.2. The molecule has 0 radical (unpaired) electrons. The Morgan fingerprint density at radius 3 is 2.79 bits per heavy atom. The van der Waals surface area contributed by atoms with Gasteiger partial charge in [0.05, 0.1) is 16.4 Å². The number of nitrogens with one attached hydrogen (secondary N) is 3. The van der Waals surface area contributed by atoms with Crippen LogP contribution in [0, 0.1) is 10.1 Å². The molecule has 0 atom stereocenters. The summed E-state index contributed by atoms with van der Waals surface area (Å²) in [6.45, 7) is 6.98. The number of guanidine groups is 1. The Morgan fingerprint density at radius 1 is 1.42 bits per heavy atom. The molecule has 0 aliphatic carbocycles. The number of nitrogens with zero attached hydrogens (tertiary/aromatic N) is 2. The van der Waals surface area contributed by atoms with E-state index in [0.29, 0.717) is 19.0 Å². The molecule has 0 aromatic heterocycles. The van der Waals surface area contributed by atoms with Crippen molar-refractivity contribution in [3.05, 3.63) is 47.0 Å². The van der Waals surface area contributed by atoms with Gasteiger partial charge in [0.2, 0.25) is 10.0 Å². The van der Waals surface area contributed by atoms with Gasteiger partial charge in [-0.2, -0.15) is 0 Å². The first-order valence-electron chi connectivity index (χ1n) is 7.28. The Bertz CT molecular complexity index is 703. The summed E-state index contributed by atoms with van der Waals surface area (Å²) in [7, 11) is -3.82. The first-order valence-corrected chi connectivity index (χ1v) is 8.76. The van der Waals surface area contributed by atoms with Crippen molar-refractivity contribution in [3.63, 3.8) is 0 Å². The zero-order valence-corrected chi connectivity index (χ0v) is 14.2. The lowest BCUT2D eigenvalue weighted by Gasteiger charge is -2.10. The average molecular weight is 355 g/mol. The van der Waals surface area contributed by atoms with E-state index in [9.17, 15) is 18.5 Å². The molecule has 0 spiro atoms. The van der Waals surface area contributed by atoms with Crippen LogP contribution in [0.15, 0.2) is 46.8 Å². The van der Waals surface area contributed by atoms with Gasteiger partial charge in [0, 0.05) is 31.8 Å². The summed E-state index contributed by atoms with van der Waals surface area (Å²) in [4.78, 5) is 14.1. The molecule has 0 aliphatic rings. The molecule has 1 aromatic carbocycles. The summed E-state index contributed by atoms with van der Waals surface area (Å²) >= 11 is 0. The zero-order valence-electron chi connectivity index (χ0n) is 13.4. The molecule has 0 saturated carbocycles. The highest BCUT2D eigenvalue weighted by molar-refractivity contribution is 7.89. The summed E-state index contributed by atoms with van der Waals surface area (Å²) in [6.07, 6.45) is 1.68. The minimum absolute atomic E-state index is 0.0652. The Hall–Kier alpha value is -2.46. The third kappa shape index (κ3) is 6.34. The maximum atomic E-state index is 12.1. The van der Waals surface area contributed by atoms with Crippen LogP contribution in [-0.2, 0) is 10.0 Å². The van der Waals surface area contributed by atoms with Crippen LogP contribution in [0.25, 0.3) is 0 Å². The van der Waals surface area contributed by atoms with Gasteiger partial charge in [0.1, 0.15) is 0 Å². The van der Waals surface area contributed by atoms with Crippen LogP contribution in [-0.4, -0.2) is 45.5 Å². The Morgan fingerprint density at radius 2 is 2.17 bits per heavy atom. The third-order valence-electron chi connectivity index (χ3n) is 2.77. The van der Waals surface area contributed by atoms with Gasteiger partial charge in [0.25, 0.3) is 5.69 Å². The Kier molecular flexibility index (Phi) is 7.86. The predicted molar refractivity (Wildman–Crippen MR) is 92.5 cm³/mol. The van der Waals surface area contributed by atoms with Crippen LogP contribution in [0.1, 0.15) is 6.92 Å². The lowest BCUT2D eigenvalue weighted by molar-refractivity contribution is -0.385. The summed E-state index contributed by atoms with van der Waals surface area (Å²) in [5.41, 5.74) is -0.279. The summed E-state index contributed by atoms with van der Waals surface area (Å²) < 4.78 is 26.6. The molecule has 1 aromatic rings. The van der Waals surface area contributed by atoms with E-state index in [0.717, 1.165) is 6.07 Å². The second-order valence-electron chi connectivity index (χ2n) is 4.58. The summed E-state index contributed by atoms with van der Waals surface area (Å²) in [6, 6.07) is 4.88. The van der Waals surface area contributed by atoms with E-state index in [1.54, 1.807) is 6.08 Å². The fourth-order valence-electron chi connectivity index (χ4n) is 1.71. The van der Waals surface area contributed by atoms with E-state index >= 15 is 0 Å². The molecule has 1 rings (SSSR count). The second kappa shape index (κ2) is 9.63. The number of sulfonamides is 1. The molecule has 0 bridgehead atoms. The monoisotopic (exact) mass is 355 g/mol. The molecule has 10 heteroatoms. The first kappa shape index (κ1) is 19.6. The molecule has 0 aliphatic heterocycles. The van der Waals surface area contributed by atoms with E-state index in [1.807, 2.05) is 6.92 Å². The van der Waals surface area contributed by atoms with Crippen molar-refractivity contribution >= 4 is 21.7 Å². The molecule has 0 amide bonds. The topological polar surface area (TPSA) is 126 Å². The zero-order chi connectivity index (χ0) is 18.0. The number of hydrogen-bond donors (Lipinski definition) is 3. The van der Waals surface area contributed by atoms with E-state index in [2.05, 4.69) is 26.9 Å². The standard InChI is InChI=1S/C14H21N5O4S/c1-3-8-16-14(15-4-2)17-9-10-18-24(22,23)13-7-5-6-12(11-13)19(20)21/h3,5-7,11,18H,1,4,8-10H2,2H3,(H2,15,16,17). The summed E-state index contributed by atoms with van der Waals surface area (Å²) in [5, 5.41) is 16.7. The Balaban J connectivity index is 2.66. The van der Waals surface area contributed by atoms with Crippen LogP contribution in [0.5, 0.6) is 0 Å². The maximum Gasteiger partial charge on any atom is 0.270 e. The van der Waals surface area contributed by atoms with Crippen molar-refractivity contribution in [2.45, 2.75) is 11.8 Å². The largest absolute Gasteiger partial charge is 0.357 e. The number of benzene rings is 1. The smallest absolute Gasteiger partial charge is 0.270 e. The van der Waals surface area contributed by atoms with Gasteiger partial charge in [-0.15, -0.1) is 6.58 Å². The lowest BCUT2D eigenvalue weighted by Crippen LogP contribution is -2.38. The first-order chi connectivity index (χ1) is 11.4. The van der Waals surface area contributed by atoms with E-state index in [-0.39, 0.29) is 23.7 Å². The van der Waals surface area contributed by atoms with E-state index < -0.39 is 14.9 Å². The van der Waals surface area contributed by atoms with Crippen molar-refractivity contribution in [1.82, 2.24) is 15.4 Å². The Labute approximate surface area is 141 Å². The molecular weight excluding hydrogens is 334 g/mol. The average Bonchev–Trinajstić information content (AvgIpc) is 2.56. The maximum absolute atomic E-state index is 12.1. The van der Waals surface area contributed by atoms with Gasteiger partial charge in [0.15, 0.2) is 5.96 Å². The van der Waals surface area contributed by atoms with Crippen molar-refractivity contribution in [2.24, 2.45) is 4.99 Å². The second-order valence-corrected chi connectivity index (χ2v) is 6.35. The number of non-ortho nitro benzene ring substituents is 1. The SMILES string of the molecule is C=CCNC(=NCCNS(=O)(=O)c1cccc([N+](=O)[O-])c1)NCC. The number of aliphatic imine (C=N–C) groups is 1. The number of nitro benzene ring substituents is 1. The van der Waals surface area contributed by atoms with E-state index in [4.69, 9.17) is 0 Å². The van der Waals surface area contributed by atoms with Crippen LogP contribution in [0.3, 0.4) is 0 Å². The highest BCUT2D eigenvalue weighted by Gasteiger charge is 2.16. The normalized spacial score (nSPS) is 11.8. The summed E-state index contributed by atoms with van der Waals surface area (Å²) in [5.74, 6) is 0.548. The van der Waals surface area contributed by atoms with Crippen molar-refractivity contribution in [3.8, 4) is 0 Å². The van der Waals surface area contributed by atoms with Crippen LogP contribution in [0.4, 0.5) is 5.69 Å². The number of hydrogen-bond acceptors (Lipinski definition) is 5. The van der Waals surface area contributed by atoms with E-state index in [1.165, 1.54) is 18.2 Å². The molecule has 24 heavy (non-hydrogen) atoms. The van der Waals surface area contributed by atoms with Gasteiger partial charge < -0.3 is 10.6 Å². The van der Waals surface area contributed by atoms with Crippen LogP contribution in [0.2, 0.25) is 0 Å². The molecule has 0 fully saturated rings. The molecule has 9 nitrogen and oxygen atoms in total. The van der Waals surface area contributed by atoms with Crippen molar-refractivity contribution in [1.29, 1.82) is 0 Å². The predicted octanol–water partition coefficient (Wildman–Crippen LogP) is 0.614. The number of nitro groups is 1. The van der Waals surface area contributed by atoms with Crippen LogP contribution >= 0.6 is 0 Å². The minimum atomic E-state index is -3.82. The van der Waals surface area contributed by atoms with Crippen molar-refractivity contribution < 1.29 is 13.3 Å². The fraction of sp³-hybridized carbons (Fsp3) is 0.357. The van der Waals surface area contributed by atoms with Crippen molar-refractivity contribution in [2.75, 3.05) is 26.2 Å². The quantitative estimate of drug-likeness (QED) is 0.149. The van der Waals surface area contributed by atoms with Crippen LogP contribution < -0.4 is 15.4 Å². The molecule has 0 heterocycles. The van der Waals surface area contributed by atoms with Gasteiger partial charge in [-0.05, 0) is 13.0 Å². The molecule has 3 N–H and O–H groups in total. The number of rotatable bonds is 9. The third-order valence-corrected chi connectivity index (χ3v) is 4.23. The van der Waals surface area contributed by atoms with Gasteiger partial charge in [-0.25, -0.2) is 13.1 Å². The highest BCUT2D eigenvalue weighted by Crippen LogP contribution is 2.16. The van der Waals surface area contributed by atoms with Gasteiger partial charge in [-0.1, -0.05) is 12.1 Å². The molecule has 0 unspecified atom stereocenters. The van der Waals surface area contributed by atoms with Gasteiger partial charge in [-0.3, -0.25) is 15.1 Å². The molecule has 0 saturated heterocycles. The molecule has 132 valence electrons. The lowest BCUT2D eigenvalue weighted by atomic mass is 10.3. The minimum Gasteiger partial charge on any atom is -0.357 e. The van der Waals surface area contributed by atoms with Gasteiger partial charge >= 0.3 is 0 Å². The molecular formula is C14H21N5O4S.